The van der Waals surface area contributed by atoms with Crippen LogP contribution < -0.4 is 10.2 Å². The largest absolute Gasteiger partial charge is 0.452 e. The molecule has 1 saturated heterocycles. The average molecular weight is 408 g/mol. The van der Waals surface area contributed by atoms with E-state index in [1.54, 1.807) is 24.3 Å². The monoisotopic (exact) mass is 408 g/mol. The maximum Gasteiger partial charge on any atom is 0.338 e. The van der Waals surface area contributed by atoms with Gasteiger partial charge in [0.1, 0.15) is 0 Å². The molecule has 0 saturated carbocycles. The Balaban J connectivity index is 1.33. The van der Waals surface area contributed by atoms with Gasteiger partial charge in [0.05, 0.1) is 28.5 Å². The Morgan fingerprint density at radius 1 is 1.03 bits per heavy atom. The highest BCUT2D eigenvalue weighted by atomic mass is 16.5. The first-order valence-electron chi connectivity index (χ1n) is 9.68. The van der Waals surface area contributed by atoms with E-state index >= 15 is 0 Å². The number of ether oxygens (including phenoxy) is 2. The Bertz CT molecular complexity index is 960. The lowest BCUT2D eigenvalue weighted by molar-refractivity contribution is -0.124. The number of carbonyl (C=O) groups is 4. The van der Waals surface area contributed by atoms with Gasteiger partial charge in [-0.1, -0.05) is 12.1 Å². The minimum absolute atomic E-state index is 0.0133. The Hall–Kier alpha value is -3.52. The van der Waals surface area contributed by atoms with Gasteiger partial charge >= 0.3 is 5.97 Å². The second-order valence-corrected chi connectivity index (χ2v) is 7.05. The maximum absolute atomic E-state index is 12.5. The highest BCUT2D eigenvalue weighted by Crippen LogP contribution is 2.28. The van der Waals surface area contributed by atoms with Crippen molar-refractivity contribution in [3.63, 3.8) is 0 Å². The number of nitrogens with zero attached hydrogens (tertiary/aromatic N) is 1. The number of imide groups is 1. The van der Waals surface area contributed by atoms with Crippen LogP contribution in [-0.2, 0) is 14.3 Å². The Kier molecular flexibility index (Phi) is 5.58. The van der Waals surface area contributed by atoms with Gasteiger partial charge in [-0.05, 0) is 49.2 Å². The summed E-state index contributed by atoms with van der Waals surface area (Å²) in [5.74, 6) is -1.89. The van der Waals surface area contributed by atoms with Crippen molar-refractivity contribution in [1.82, 2.24) is 5.32 Å². The molecule has 0 bridgehead atoms. The summed E-state index contributed by atoms with van der Waals surface area (Å²) in [4.78, 5) is 50.1. The number of anilines is 1. The highest BCUT2D eigenvalue weighted by Gasteiger charge is 2.36. The molecule has 2 aliphatic heterocycles. The summed E-state index contributed by atoms with van der Waals surface area (Å²) in [6.45, 7) is 0.698. The lowest BCUT2D eigenvalue weighted by Gasteiger charge is -2.14. The third-order valence-corrected chi connectivity index (χ3v) is 5.04. The molecule has 2 aromatic rings. The van der Waals surface area contributed by atoms with E-state index in [9.17, 15) is 19.2 Å². The van der Waals surface area contributed by atoms with Crippen molar-refractivity contribution >= 4 is 29.4 Å². The molecule has 0 aromatic heterocycles. The summed E-state index contributed by atoms with van der Waals surface area (Å²) in [7, 11) is 0. The topological polar surface area (TPSA) is 102 Å². The van der Waals surface area contributed by atoms with Crippen LogP contribution in [0.5, 0.6) is 0 Å². The fraction of sp³-hybridized carbons (Fsp3) is 0.273. The number of rotatable bonds is 6. The Morgan fingerprint density at radius 3 is 2.30 bits per heavy atom. The number of carbonyl (C=O) groups excluding carboxylic acids is 4. The van der Waals surface area contributed by atoms with E-state index in [-0.39, 0.29) is 11.7 Å². The zero-order valence-electron chi connectivity index (χ0n) is 16.1. The minimum Gasteiger partial charge on any atom is -0.452 e. The van der Waals surface area contributed by atoms with E-state index < -0.39 is 30.3 Å². The number of esters is 1. The molecule has 1 fully saturated rings. The van der Waals surface area contributed by atoms with Crippen LogP contribution in [0.2, 0.25) is 0 Å². The Labute approximate surface area is 172 Å². The first-order valence-corrected chi connectivity index (χ1v) is 9.68. The molecule has 3 amide bonds. The first kappa shape index (κ1) is 19.8. The molecule has 154 valence electrons. The molecular weight excluding hydrogens is 388 g/mol. The van der Waals surface area contributed by atoms with E-state index in [2.05, 4.69) is 5.32 Å². The van der Waals surface area contributed by atoms with Crippen molar-refractivity contribution in [2.75, 3.05) is 24.7 Å². The molecule has 1 N–H and O–H groups in total. The molecule has 2 aromatic carbocycles. The van der Waals surface area contributed by atoms with Crippen molar-refractivity contribution in [2.45, 2.75) is 18.9 Å². The number of amides is 3. The molecule has 0 aliphatic carbocycles. The van der Waals surface area contributed by atoms with Gasteiger partial charge in [-0.15, -0.1) is 0 Å². The molecule has 2 heterocycles. The zero-order chi connectivity index (χ0) is 21.1. The van der Waals surface area contributed by atoms with E-state index in [0.29, 0.717) is 30.0 Å². The van der Waals surface area contributed by atoms with Crippen LogP contribution in [0.4, 0.5) is 5.69 Å². The van der Waals surface area contributed by atoms with Crippen molar-refractivity contribution in [2.24, 2.45) is 0 Å². The van der Waals surface area contributed by atoms with Crippen LogP contribution >= 0.6 is 0 Å². The second kappa shape index (κ2) is 8.46. The molecule has 0 unspecified atom stereocenters. The lowest BCUT2D eigenvalue weighted by atomic mass is 10.1. The van der Waals surface area contributed by atoms with Gasteiger partial charge in [-0.25, -0.2) is 9.69 Å². The molecular formula is C22H20N2O6. The highest BCUT2D eigenvalue weighted by molar-refractivity contribution is 6.34. The summed E-state index contributed by atoms with van der Waals surface area (Å²) in [5, 5.41) is 2.67. The van der Waals surface area contributed by atoms with Crippen molar-refractivity contribution in [3.8, 4) is 0 Å². The van der Waals surface area contributed by atoms with E-state index in [0.717, 1.165) is 17.7 Å². The number of hydrogen-bond acceptors (Lipinski definition) is 6. The van der Waals surface area contributed by atoms with E-state index in [1.165, 1.54) is 24.3 Å². The van der Waals surface area contributed by atoms with Crippen LogP contribution in [0, 0.1) is 0 Å². The summed E-state index contributed by atoms with van der Waals surface area (Å²) in [6, 6.07) is 12.5. The molecule has 30 heavy (non-hydrogen) atoms. The first-order chi connectivity index (χ1) is 14.5. The predicted molar refractivity (Wildman–Crippen MR) is 106 cm³/mol. The maximum atomic E-state index is 12.5. The smallest absolute Gasteiger partial charge is 0.338 e. The number of nitrogens with one attached hydrogen (secondary N) is 1. The molecule has 2 aliphatic rings. The third kappa shape index (κ3) is 3.95. The number of hydrogen-bond donors (Lipinski definition) is 1. The fourth-order valence-corrected chi connectivity index (χ4v) is 3.47. The standard InChI is InChI=1S/C22H20N2O6/c25-19(23-12-16-4-3-11-29-16)13-30-22(28)14-7-9-15(10-8-14)24-20(26)17-5-1-2-6-18(17)21(24)27/h1-2,5-10,16H,3-4,11-13H2,(H,23,25)/t16-/m0/s1. The summed E-state index contributed by atoms with van der Waals surface area (Å²) in [5.41, 5.74) is 1.26. The number of benzene rings is 2. The minimum atomic E-state index is -0.670. The van der Waals surface area contributed by atoms with Crippen LogP contribution in [0.25, 0.3) is 0 Å². The van der Waals surface area contributed by atoms with Gasteiger partial charge in [0.15, 0.2) is 6.61 Å². The molecule has 8 nitrogen and oxygen atoms in total. The molecule has 0 radical (unpaired) electrons. The van der Waals surface area contributed by atoms with E-state index in [1.807, 2.05) is 0 Å². The van der Waals surface area contributed by atoms with Crippen LogP contribution in [0.15, 0.2) is 48.5 Å². The van der Waals surface area contributed by atoms with Gasteiger partial charge in [0.25, 0.3) is 17.7 Å². The Morgan fingerprint density at radius 2 is 1.70 bits per heavy atom. The average Bonchev–Trinajstić information content (AvgIpc) is 3.38. The molecule has 0 spiro atoms. The van der Waals surface area contributed by atoms with Crippen LogP contribution in [0.3, 0.4) is 0 Å². The normalized spacial score (nSPS) is 17.7. The second-order valence-electron chi connectivity index (χ2n) is 7.05. The fourth-order valence-electron chi connectivity index (χ4n) is 3.47. The molecule has 1 atom stereocenters. The van der Waals surface area contributed by atoms with Gasteiger partial charge in [-0.3, -0.25) is 14.4 Å². The van der Waals surface area contributed by atoms with Crippen LogP contribution in [0.1, 0.15) is 43.9 Å². The van der Waals surface area contributed by atoms with Gasteiger partial charge < -0.3 is 14.8 Å². The van der Waals surface area contributed by atoms with Crippen molar-refractivity contribution in [1.29, 1.82) is 0 Å². The van der Waals surface area contributed by atoms with Crippen molar-refractivity contribution < 1.29 is 28.7 Å². The quantitative estimate of drug-likeness (QED) is 0.579. The zero-order valence-corrected chi connectivity index (χ0v) is 16.1. The third-order valence-electron chi connectivity index (χ3n) is 5.04. The van der Waals surface area contributed by atoms with Gasteiger partial charge in [-0.2, -0.15) is 0 Å². The van der Waals surface area contributed by atoms with Crippen LogP contribution in [-0.4, -0.2) is 49.6 Å². The predicted octanol–water partition coefficient (Wildman–Crippen LogP) is 1.94. The van der Waals surface area contributed by atoms with E-state index in [4.69, 9.17) is 9.47 Å². The summed E-state index contributed by atoms with van der Waals surface area (Å²) < 4.78 is 10.4. The van der Waals surface area contributed by atoms with Crippen molar-refractivity contribution in [3.05, 3.63) is 65.2 Å². The molecule has 4 rings (SSSR count). The lowest BCUT2D eigenvalue weighted by Crippen LogP contribution is -2.34. The SMILES string of the molecule is O=C(COC(=O)c1ccc(N2C(=O)c3ccccc3C2=O)cc1)NC[C@@H]1CCCO1. The summed E-state index contributed by atoms with van der Waals surface area (Å²) in [6.07, 6.45) is 1.89. The number of fused-ring (bicyclic) bond motifs is 1. The molecule has 8 heteroatoms. The summed E-state index contributed by atoms with van der Waals surface area (Å²) >= 11 is 0. The van der Waals surface area contributed by atoms with Gasteiger partial charge in [0, 0.05) is 13.2 Å². The van der Waals surface area contributed by atoms with Gasteiger partial charge in [0.2, 0.25) is 0 Å².